The molecule has 0 aliphatic carbocycles. The van der Waals surface area contributed by atoms with E-state index in [1.807, 2.05) is 74.4 Å². The Kier molecular flexibility index (Phi) is 81.0. The van der Waals surface area contributed by atoms with Crippen LogP contribution in [0.4, 0.5) is 60.0 Å². The summed E-state index contributed by atoms with van der Waals surface area (Å²) < 4.78 is 31.5. The van der Waals surface area contributed by atoms with Crippen LogP contribution >= 0.6 is 114 Å². The van der Waals surface area contributed by atoms with Crippen LogP contribution in [0.15, 0.2) is 199 Å². The van der Waals surface area contributed by atoms with Gasteiger partial charge in [-0.25, -0.2) is 94.1 Å². The molecule has 3 amide bonds. The number of carbonyl (C=O) groups is 4. The van der Waals surface area contributed by atoms with Crippen LogP contribution in [-0.4, -0.2) is 198 Å². The fraction of sp³-hybridized carbons (Fsp3) is 0.427. The number of benzene rings is 3. The van der Waals surface area contributed by atoms with Crippen LogP contribution in [-0.2, 0) is 30.2 Å². The fourth-order valence-corrected chi connectivity index (χ4v) is 11.5. The first-order valence-electron chi connectivity index (χ1n) is 43.4. The summed E-state index contributed by atoms with van der Waals surface area (Å²) in [5.74, 6) is 3.98. The van der Waals surface area contributed by atoms with E-state index in [0.29, 0.717) is 65.9 Å². The molecule has 10 heterocycles. The summed E-state index contributed by atoms with van der Waals surface area (Å²) in [4.78, 5) is 146. The zero-order valence-electron chi connectivity index (χ0n) is 84.0. The molecule has 11 aromatic rings. The number of nitrogens with one attached hydrogen (secondary N) is 2. The van der Waals surface area contributed by atoms with Gasteiger partial charge >= 0.3 is 41.3 Å². The average Bonchev–Trinajstić information content (AvgIpc) is 1.62. The van der Waals surface area contributed by atoms with Gasteiger partial charge in [-0.15, -0.1) is 0 Å². The van der Waals surface area contributed by atoms with Crippen LogP contribution in [0.1, 0.15) is 253 Å². The number of anilines is 5. The zero-order chi connectivity index (χ0) is 107. The number of non-ortho nitro benzene ring substituents is 3. The number of rotatable bonds is 19. The first kappa shape index (κ1) is 149. The molecule has 6 unspecified atom stereocenters. The van der Waals surface area contributed by atoms with E-state index in [2.05, 4.69) is 203 Å². The molecule has 2 fully saturated rings. The number of amides is 3. The van der Waals surface area contributed by atoms with Crippen molar-refractivity contribution in [3.8, 4) is 0 Å². The molecule has 8 aromatic heterocycles. The molecule has 0 spiro atoms. The van der Waals surface area contributed by atoms with Gasteiger partial charge in [0.15, 0.2) is 9.66 Å². The van der Waals surface area contributed by atoms with Gasteiger partial charge < -0.3 is 80.6 Å². The van der Waals surface area contributed by atoms with E-state index < -0.39 is 45.4 Å². The smallest absolute Gasteiger partial charge is 1.00 e. The Hall–Kier alpha value is -10.8. The minimum Gasteiger partial charge on any atom is -1.00 e. The van der Waals surface area contributed by atoms with Crippen molar-refractivity contribution in [3.63, 3.8) is 0 Å². The second-order valence-electron chi connectivity index (χ2n) is 31.1. The summed E-state index contributed by atoms with van der Waals surface area (Å²) in [7, 11) is 3.65. The number of cyclic esters (lactones) is 1. The predicted molar refractivity (Wildman–Crippen MR) is 608 cm³/mol. The summed E-state index contributed by atoms with van der Waals surface area (Å²) in [6.45, 7) is 33.6. The molecule has 816 valence electrons. The Morgan fingerprint density at radius 2 is 0.886 bits per heavy atom. The van der Waals surface area contributed by atoms with Gasteiger partial charge in [0.25, 0.3) is 17.1 Å². The number of alkyl carbamates (subject to hydrolysis) is 2. The Morgan fingerprint density at radius 1 is 0.584 bits per heavy atom. The number of nitro groups is 3. The van der Waals surface area contributed by atoms with Crippen molar-refractivity contribution in [1.29, 1.82) is 0 Å². The van der Waals surface area contributed by atoms with Gasteiger partial charge in [-0.2, -0.15) is 0 Å². The maximum atomic E-state index is 11.8. The van der Waals surface area contributed by atoms with Crippen molar-refractivity contribution in [1.82, 2.24) is 90.4 Å². The maximum absolute atomic E-state index is 11.8. The number of nitrogens with two attached hydrogens (primary N) is 2. The summed E-state index contributed by atoms with van der Waals surface area (Å²) >= 11 is 23.8. The Labute approximate surface area is 958 Å². The number of nitrogens with zero attached hydrogens (tertiary/aromatic N) is 25. The second kappa shape index (κ2) is 81.1. The van der Waals surface area contributed by atoms with Crippen LogP contribution in [0.25, 0.3) is 10.4 Å². The SMILES string of the molecule is Brc1cnc(I)nc1.C.C.C.C.C.C1CCOC1.CC(C)[C@H]1COC(=O)N1c1ccnc(Cl)n1.CC(N)c1ncc(Br)cn1.CC(N)c1ncc(N(C)c2ccc([N+](=O)[O-])cc2)cn1.CC(N=[N+]=[N-])c1ncc(Br)cn1.CC(NC(=O)OC(C)(C)C)c1ncc(Br)cn1.CC(NC(=O)OC(C)(C)C)c1ncc(N(C)c2ccc([N+](=O)[O-])cc2)cn1.CC(O)c1ncc(Br)cn1.CC=O.CCc1ccc([N+](=O)[O-])cc1.[2H]CC.[CH3-].[Cl-].[Mg+2]. The molecule has 53 heteroatoms. The molecule has 7 atom stereocenters. The van der Waals surface area contributed by atoms with Gasteiger partial charge in [0.05, 0.1) is 110 Å². The molecule has 2 aliphatic heterocycles. The van der Waals surface area contributed by atoms with Crippen molar-refractivity contribution in [2.24, 2.45) is 22.5 Å². The topological polar surface area (TPSA) is 596 Å². The number of ether oxygens (including phenoxy) is 4. The second-order valence-corrected chi connectivity index (χ2v) is 37.0. The number of hydrogen-bond acceptors (Lipinski definition) is 36. The molecule has 0 radical (unpaired) electrons. The van der Waals surface area contributed by atoms with E-state index in [1.54, 1.807) is 190 Å². The first-order chi connectivity index (χ1) is 66.9. The summed E-state index contributed by atoms with van der Waals surface area (Å²) in [6.07, 6.45) is 26.9. The molecule has 44 nitrogen and oxygen atoms in total. The number of aliphatic hydroxyl groups excluding tert-OH is 1. The number of nitro benzene ring substituents is 3. The number of carbonyl (C=O) groups excluding carboxylic acids is 4. The van der Waals surface area contributed by atoms with Crippen LogP contribution in [0.5, 0.6) is 0 Å². The molecular weight excluding hydrogens is 2420 g/mol. The number of aldehydes is 1. The molecule has 0 saturated carbocycles. The van der Waals surface area contributed by atoms with Gasteiger partial charge in [0.1, 0.15) is 65.1 Å². The number of halogens is 8. The van der Waals surface area contributed by atoms with Crippen LogP contribution in [0, 0.1) is 47.5 Å². The minimum absolute atomic E-state index is 0. The molecule has 0 bridgehead atoms. The minimum atomic E-state index is -0.590. The van der Waals surface area contributed by atoms with E-state index in [0.717, 1.165) is 74.7 Å². The Morgan fingerprint density at radius 3 is 1.16 bits per heavy atom. The molecule has 7 N–H and O–H groups in total. The third kappa shape index (κ3) is 62.6. The van der Waals surface area contributed by atoms with Crippen LogP contribution in [0.3, 0.4) is 0 Å². The van der Waals surface area contributed by atoms with Gasteiger partial charge in [-0.05, 0) is 248 Å². The predicted octanol–water partition coefficient (Wildman–Crippen LogP) is 22.3. The summed E-state index contributed by atoms with van der Waals surface area (Å²) in [5.41, 5.74) is 22.7. The largest absolute Gasteiger partial charge is 2.00 e. The van der Waals surface area contributed by atoms with Gasteiger partial charge in [-0.3, -0.25) is 35.2 Å². The number of aliphatic hydroxyl groups is 1. The zero-order valence-corrected chi connectivity index (χ0v) is 96.1. The van der Waals surface area contributed by atoms with Crippen molar-refractivity contribution in [3.05, 3.63) is 292 Å². The average molecular weight is 2560 g/mol. The van der Waals surface area contributed by atoms with Gasteiger partial charge in [0.2, 0.25) is 5.28 Å². The van der Waals surface area contributed by atoms with E-state index in [1.165, 1.54) is 67.3 Å². The first-order valence-corrected chi connectivity index (χ1v) is 48.1. The molecule has 149 heavy (non-hydrogen) atoms. The van der Waals surface area contributed by atoms with E-state index in [-0.39, 0.29) is 144 Å². The van der Waals surface area contributed by atoms with E-state index >= 15 is 0 Å². The summed E-state index contributed by atoms with van der Waals surface area (Å²) in [6, 6.07) is 19.4. The van der Waals surface area contributed by atoms with Gasteiger partial charge in [-0.1, -0.05) is 89.0 Å². The number of aryl methyl sites for hydroxylation is 1. The van der Waals surface area contributed by atoms with Crippen molar-refractivity contribution < 1.29 is 71.8 Å². The summed E-state index contributed by atoms with van der Waals surface area (Å²) in [5, 5.41) is 49.5. The normalized spacial score (nSPS) is 12.4. The number of azide groups is 1. The van der Waals surface area contributed by atoms with Crippen molar-refractivity contribution >= 4 is 207 Å². The molecule has 2 saturated heterocycles. The van der Waals surface area contributed by atoms with E-state index in [9.17, 15) is 44.7 Å². The van der Waals surface area contributed by atoms with E-state index in [4.69, 9.17) is 58.8 Å². The van der Waals surface area contributed by atoms with Crippen molar-refractivity contribution in [2.45, 2.75) is 235 Å². The standard InChI is InChI=1S/C18H23N5O4.C13H15N5O2.C11H16BrN3O2.C10H12ClN3O2.C8H9NO2.C6H6BrN5.C6H8BrN3.C6H7BrN2O.C4H2BrIN2.C4H8O.C2H4O.C2H6.5CH4.CH3.ClH.Mg/c1-12(21-17(24)27-18(2,3)4)16-19-10-15(11-20-16)22(5)13-6-8-14(9-7-13)23(25)26;1-9(14)13-15-7-12(8-16-13)17(2)10-3-5-11(6-4-10)18(19)20;1-7(9-13-5-8(12)6-14-9)15-10(16)17-11(2,3)4;1-6(2)7-5-16-10(15)14(7)8-3-4-12-9(11)13-8;1-2-7-3-5-8(6-4-7)9(10)11;1-4(11-12-8)6-9-2-5(7)3-10-6;1-4(8)6-9-2-5(7)3-10-6;1-4(10)6-8-2-5(7)3-9-6;5-3-1-7-4(6)8-2-3;1-2-4-5-3-1;1-2-3;1-2;;;;;;;;/h6-12H,1-5H3,(H,21,24);3-9H,14H2,1-2H3;5-7H,1-4H3,(H,15,16);3-4,6-7H,5H2,1-2H3;3-6H,2H2,1H3;2-4H,1H3;2-4H,8H2,1H3;2-4,10H,1H3;1-2H;1-4H2;2H,1H3;1-2H3;5*1H4;1H3;1H;/q;;;;;;;;;;;;;;;;;-1;;+2/p-1/t;;;7-;;;;;;;;;;;;;;;;/m...1................/s1/i;;;;;;;;;;;1D;;;;;;;;. The molecule has 2 aliphatic rings. The third-order valence-electron chi connectivity index (χ3n) is 17.1. The number of aromatic nitrogens is 16. The monoisotopic (exact) mass is 2550 g/mol. The molecular formula is C96H139Br5Cl2IMgN29O15. The van der Waals surface area contributed by atoms with Crippen molar-refractivity contribution in [2.75, 3.05) is 48.6 Å². The molecule has 3 aromatic carbocycles. The Bertz CT molecular complexity index is 5550. The number of hydrogen-bond donors (Lipinski definition) is 5. The Balaban J connectivity index is -0.000000306. The van der Waals surface area contributed by atoms with Crippen LogP contribution in [0.2, 0.25) is 5.28 Å². The quantitative estimate of drug-likeness (QED) is 0.00429. The van der Waals surface area contributed by atoms with Gasteiger partial charge in [0, 0.05) is 172 Å². The third-order valence-corrected chi connectivity index (χ3v) is 19.9. The van der Waals surface area contributed by atoms with Crippen LogP contribution < -0.4 is 49.2 Å². The molecule has 13 rings (SSSR count). The maximum Gasteiger partial charge on any atom is 2.00 e. The fourth-order valence-electron chi connectivity index (χ4n) is 10.1.